The highest BCUT2D eigenvalue weighted by Crippen LogP contribution is 2.16. The zero-order chi connectivity index (χ0) is 13.1. The van der Waals surface area contributed by atoms with Crippen LogP contribution in [0.2, 0.25) is 0 Å². The molecular weight excluding hydrogens is 222 g/mol. The highest BCUT2D eigenvalue weighted by atomic mass is 15.0. The van der Waals surface area contributed by atoms with E-state index in [1.165, 1.54) is 0 Å². The first-order valence-corrected chi connectivity index (χ1v) is 5.84. The lowest BCUT2D eigenvalue weighted by Gasteiger charge is -2.02. The Kier molecular flexibility index (Phi) is 3.33. The first-order valence-electron chi connectivity index (χ1n) is 5.84. The van der Waals surface area contributed by atoms with Crippen LogP contribution in [0.5, 0.6) is 0 Å². The van der Waals surface area contributed by atoms with Gasteiger partial charge in [0.1, 0.15) is 5.82 Å². The summed E-state index contributed by atoms with van der Waals surface area (Å²) < 4.78 is 1.98. The molecule has 1 heterocycles. The van der Waals surface area contributed by atoms with Crippen LogP contribution < -0.4 is 16.4 Å². The first-order chi connectivity index (χ1) is 8.63. The molecule has 0 aliphatic carbocycles. The van der Waals surface area contributed by atoms with E-state index < -0.39 is 0 Å². The van der Waals surface area contributed by atoms with Crippen LogP contribution in [0.3, 0.4) is 0 Å². The normalized spacial score (nSPS) is 12.4. The van der Waals surface area contributed by atoms with E-state index in [1.54, 1.807) is 0 Å². The molecule has 0 spiro atoms. The molecule has 0 saturated carbocycles. The van der Waals surface area contributed by atoms with Crippen LogP contribution in [-0.4, -0.2) is 9.55 Å². The number of hydrogen-bond acceptors (Lipinski definition) is 2. The number of allylic oxidation sites excluding steroid dienone is 2. The van der Waals surface area contributed by atoms with Crippen molar-refractivity contribution < 1.29 is 0 Å². The Balaban J connectivity index is 2.64. The Bertz CT molecular complexity index is 693. The van der Waals surface area contributed by atoms with Gasteiger partial charge >= 0.3 is 0 Å². The second-order valence-corrected chi connectivity index (χ2v) is 4.14. The molecule has 0 atom stereocenters. The average molecular weight is 239 g/mol. The van der Waals surface area contributed by atoms with Crippen molar-refractivity contribution in [3.8, 4) is 11.4 Å². The van der Waals surface area contributed by atoms with E-state index in [-0.39, 0.29) is 0 Å². The molecule has 1 aromatic heterocycles. The van der Waals surface area contributed by atoms with E-state index in [2.05, 4.69) is 11.6 Å². The maximum absolute atomic E-state index is 5.80. The Morgan fingerprint density at radius 3 is 2.83 bits per heavy atom. The number of hydrogen-bond donors (Lipinski definition) is 1. The van der Waals surface area contributed by atoms with Crippen molar-refractivity contribution in [2.45, 2.75) is 6.92 Å². The largest absolute Gasteiger partial charge is 0.399 e. The van der Waals surface area contributed by atoms with E-state index in [9.17, 15) is 0 Å². The summed E-state index contributed by atoms with van der Waals surface area (Å²) in [6, 6.07) is 7.71. The predicted molar refractivity (Wildman–Crippen MR) is 77.1 cm³/mol. The predicted octanol–water partition coefficient (Wildman–Crippen LogP) is 1.44. The van der Waals surface area contributed by atoms with E-state index in [1.807, 2.05) is 61.0 Å². The average Bonchev–Trinajstić information content (AvgIpc) is 2.64. The Hall–Kier alpha value is -2.29. The third-order valence-corrected chi connectivity index (χ3v) is 2.84. The molecule has 0 fully saturated rings. The highest BCUT2D eigenvalue weighted by molar-refractivity contribution is 5.61. The number of imidazole rings is 1. The lowest BCUT2D eigenvalue weighted by atomic mass is 10.2. The van der Waals surface area contributed by atoms with Crippen molar-refractivity contribution >= 4 is 18.3 Å². The fourth-order valence-corrected chi connectivity index (χ4v) is 1.81. The van der Waals surface area contributed by atoms with Crippen LogP contribution >= 0.6 is 0 Å². The van der Waals surface area contributed by atoms with Gasteiger partial charge in [-0.15, -0.1) is 0 Å². The minimum Gasteiger partial charge on any atom is -0.399 e. The molecule has 2 aromatic rings. The number of aromatic nitrogens is 2. The molecule has 92 valence electrons. The van der Waals surface area contributed by atoms with Gasteiger partial charge in [0.2, 0.25) is 0 Å². The van der Waals surface area contributed by atoms with Crippen LogP contribution in [0, 0.1) is 0 Å². The fourth-order valence-electron chi connectivity index (χ4n) is 1.81. The molecular formula is C15H17N3. The fraction of sp³-hybridized carbons (Fsp3) is 0.133. The summed E-state index contributed by atoms with van der Waals surface area (Å²) >= 11 is 0. The molecule has 0 amide bonds. The molecule has 0 aliphatic heterocycles. The van der Waals surface area contributed by atoms with Gasteiger partial charge in [-0.1, -0.05) is 30.9 Å². The number of benzene rings is 1. The summed E-state index contributed by atoms with van der Waals surface area (Å²) in [6.45, 7) is 6.02. The monoisotopic (exact) mass is 239 g/mol. The lowest BCUT2D eigenvalue weighted by molar-refractivity contribution is 0.894. The molecule has 3 heteroatoms. The van der Waals surface area contributed by atoms with Gasteiger partial charge < -0.3 is 10.3 Å². The van der Waals surface area contributed by atoms with Crippen LogP contribution in [0.15, 0.2) is 36.4 Å². The molecule has 18 heavy (non-hydrogen) atoms. The van der Waals surface area contributed by atoms with Gasteiger partial charge in [-0.05, 0) is 25.1 Å². The summed E-state index contributed by atoms with van der Waals surface area (Å²) in [7, 11) is 1.96. The van der Waals surface area contributed by atoms with E-state index in [0.717, 1.165) is 27.8 Å². The van der Waals surface area contributed by atoms with Crippen LogP contribution in [0.4, 0.5) is 5.69 Å². The van der Waals surface area contributed by atoms with E-state index >= 15 is 0 Å². The van der Waals surface area contributed by atoms with Gasteiger partial charge in [0, 0.05) is 18.3 Å². The van der Waals surface area contributed by atoms with E-state index in [4.69, 9.17) is 5.73 Å². The Labute approximate surface area is 107 Å². The first kappa shape index (κ1) is 12.2. The van der Waals surface area contributed by atoms with E-state index in [0.29, 0.717) is 0 Å². The van der Waals surface area contributed by atoms with Gasteiger partial charge in [0.25, 0.3) is 0 Å². The molecule has 2 rings (SSSR count). The van der Waals surface area contributed by atoms with Gasteiger partial charge in [0.15, 0.2) is 0 Å². The third kappa shape index (κ3) is 2.20. The zero-order valence-corrected chi connectivity index (χ0v) is 10.7. The zero-order valence-electron chi connectivity index (χ0n) is 10.7. The molecule has 2 N–H and O–H groups in total. The van der Waals surface area contributed by atoms with Crippen molar-refractivity contribution in [1.29, 1.82) is 0 Å². The maximum atomic E-state index is 5.80. The summed E-state index contributed by atoms with van der Waals surface area (Å²) in [5, 5.41) is 1.78. The van der Waals surface area contributed by atoms with Crippen LogP contribution in [0.25, 0.3) is 24.0 Å². The molecule has 0 bridgehead atoms. The van der Waals surface area contributed by atoms with Crippen LogP contribution in [0.1, 0.15) is 6.92 Å². The Morgan fingerprint density at radius 2 is 2.17 bits per heavy atom. The highest BCUT2D eigenvalue weighted by Gasteiger charge is 2.05. The van der Waals surface area contributed by atoms with Gasteiger partial charge in [0.05, 0.1) is 10.7 Å². The van der Waals surface area contributed by atoms with Crippen molar-refractivity contribution in [2.75, 3.05) is 5.73 Å². The molecule has 0 radical (unpaired) electrons. The quantitative estimate of drug-likeness (QED) is 0.806. The van der Waals surface area contributed by atoms with Crippen molar-refractivity contribution in [3.05, 3.63) is 47.1 Å². The topological polar surface area (TPSA) is 43.8 Å². The van der Waals surface area contributed by atoms with Gasteiger partial charge in [-0.3, -0.25) is 0 Å². The molecule has 0 saturated heterocycles. The maximum Gasteiger partial charge on any atom is 0.140 e. The van der Waals surface area contributed by atoms with Gasteiger partial charge in [-0.25, -0.2) is 4.98 Å². The summed E-state index contributed by atoms with van der Waals surface area (Å²) in [5.74, 6) is 0.878. The molecule has 1 aromatic carbocycles. The molecule has 3 nitrogen and oxygen atoms in total. The summed E-state index contributed by atoms with van der Waals surface area (Å²) in [4.78, 5) is 4.60. The Morgan fingerprint density at radius 1 is 1.39 bits per heavy atom. The third-order valence-electron chi connectivity index (χ3n) is 2.84. The number of rotatable bonds is 2. The van der Waals surface area contributed by atoms with Crippen molar-refractivity contribution in [3.63, 3.8) is 0 Å². The molecule has 0 aliphatic rings. The number of anilines is 1. The van der Waals surface area contributed by atoms with Crippen molar-refractivity contribution in [1.82, 2.24) is 9.55 Å². The second-order valence-electron chi connectivity index (χ2n) is 4.14. The SMILES string of the molecule is C=c1/c(=C\C=C/C)nc(-c2cccc(N)c2)n1C. The smallest absolute Gasteiger partial charge is 0.140 e. The molecule has 0 unspecified atom stereocenters. The van der Waals surface area contributed by atoms with Gasteiger partial charge in [-0.2, -0.15) is 0 Å². The minimum absolute atomic E-state index is 0.736. The summed E-state index contributed by atoms with van der Waals surface area (Å²) in [6.07, 6.45) is 5.88. The standard InChI is InChI=1S/C15H17N3/c1-4-5-9-14-11(2)18(3)15(17-14)12-7-6-8-13(16)10-12/h4-10H,2,16H2,1,3H3/b5-4-,14-9+. The minimum atomic E-state index is 0.736. The number of nitrogen functional groups attached to an aromatic ring is 1. The summed E-state index contributed by atoms with van der Waals surface area (Å²) in [5.41, 5.74) is 7.54. The van der Waals surface area contributed by atoms with Crippen LogP contribution in [-0.2, 0) is 7.05 Å². The lowest BCUT2D eigenvalue weighted by Crippen LogP contribution is -2.26. The van der Waals surface area contributed by atoms with Crippen molar-refractivity contribution in [2.24, 2.45) is 7.05 Å². The number of nitrogens with two attached hydrogens (primary N) is 1. The second kappa shape index (κ2) is 4.92. The number of nitrogens with zero attached hydrogens (tertiary/aromatic N) is 2.